The molecule has 7 heteroatoms. The molecule has 1 aromatic heterocycles. The molecule has 3 rings (SSSR count). The molecule has 1 heterocycles. The van der Waals surface area contributed by atoms with Crippen molar-refractivity contribution in [2.45, 2.75) is 6.54 Å². The second-order valence-electron chi connectivity index (χ2n) is 5.54. The van der Waals surface area contributed by atoms with Crippen LogP contribution in [0.5, 0.6) is 5.75 Å². The average Bonchev–Trinajstić information content (AvgIpc) is 2.68. The predicted octanol–water partition coefficient (Wildman–Crippen LogP) is 2.25. The number of para-hydroxylation sites is 2. The molecule has 2 aromatic carbocycles. The van der Waals surface area contributed by atoms with Gasteiger partial charge in [-0.05, 0) is 24.3 Å². The number of nitrogens with one attached hydrogen (secondary N) is 1. The monoisotopic (exact) mass is 381 g/mol. The van der Waals surface area contributed by atoms with E-state index >= 15 is 0 Å². The number of fused-ring (bicyclic) bond motifs is 1. The SMILES string of the molecule is O=C(Cn1cnc2ccccc2c1=O)NCC#CCOc1ccccc1Cl. The van der Waals surface area contributed by atoms with Gasteiger partial charge in [-0.3, -0.25) is 14.2 Å². The number of carbonyl (C=O) groups excluding carboxylic acids is 1. The Kier molecular flexibility index (Phi) is 6.08. The van der Waals surface area contributed by atoms with E-state index in [4.69, 9.17) is 16.3 Å². The number of halogens is 1. The van der Waals surface area contributed by atoms with E-state index in [-0.39, 0.29) is 31.2 Å². The highest BCUT2D eigenvalue weighted by atomic mass is 35.5. The molecule has 0 atom stereocenters. The molecule has 0 unspecified atom stereocenters. The molecule has 0 saturated carbocycles. The first-order valence-electron chi connectivity index (χ1n) is 8.19. The van der Waals surface area contributed by atoms with Gasteiger partial charge >= 0.3 is 0 Å². The van der Waals surface area contributed by atoms with E-state index in [1.165, 1.54) is 10.9 Å². The second-order valence-corrected chi connectivity index (χ2v) is 5.95. The average molecular weight is 382 g/mol. The van der Waals surface area contributed by atoms with Crippen LogP contribution in [0.1, 0.15) is 0 Å². The van der Waals surface area contributed by atoms with Gasteiger partial charge < -0.3 is 10.1 Å². The lowest BCUT2D eigenvalue weighted by Crippen LogP contribution is -2.32. The predicted molar refractivity (Wildman–Crippen MR) is 104 cm³/mol. The molecule has 0 aliphatic rings. The van der Waals surface area contributed by atoms with Gasteiger partial charge in [-0.2, -0.15) is 0 Å². The number of ether oxygens (including phenoxy) is 1. The van der Waals surface area contributed by atoms with E-state index in [2.05, 4.69) is 22.1 Å². The molecular formula is C20H16ClN3O3. The smallest absolute Gasteiger partial charge is 0.261 e. The lowest BCUT2D eigenvalue weighted by Gasteiger charge is -2.06. The normalized spacial score (nSPS) is 10.1. The zero-order valence-corrected chi connectivity index (χ0v) is 15.1. The quantitative estimate of drug-likeness (QED) is 0.688. The van der Waals surface area contributed by atoms with Crippen LogP contribution in [-0.2, 0) is 11.3 Å². The van der Waals surface area contributed by atoms with Crippen LogP contribution in [-0.4, -0.2) is 28.6 Å². The zero-order chi connectivity index (χ0) is 19.1. The highest BCUT2D eigenvalue weighted by Gasteiger charge is 2.07. The minimum Gasteiger partial charge on any atom is -0.479 e. The van der Waals surface area contributed by atoms with E-state index < -0.39 is 0 Å². The summed E-state index contributed by atoms with van der Waals surface area (Å²) in [5, 5.41) is 3.63. The van der Waals surface area contributed by atoms with Crippen molar-refractivity contribution in [2.24, 2.45) is 0 Å². The highest BCUT2D eigenvalue weighted by molar-refractivity contribution is 6.32. The fourth-order valence-electron chi connectivity index (χ4n) is 2.36. The van der Waals surface area contributed by atoms with Gasteiger partial charge in [-0.1, -0.05) is 47.7 Å². The summed E-state index contributed by atoms with van der Waals surface area (Å²) in [6, 6.07) is 14.1. The lowest BCUT2D eigenvalue weighted by atomic mass is 10.2. The summed E-state index contributed by atoms with van der Waals surface area (Å²) in [7, 11) is 0. The molecule has 0 bridgehead atoms. The first-order chi connectivity index (χ1) is 13.1. The summed E-state index contributed by atoms with van der Waals surface area (Å²) in [4.78, 5) is 28.5. The molecular weight excluding hydrogens is 366 g/mol. The maximum Gasteiger partial charge on any atom is 0.261 e. The molecule has 1 amide bonds. The Labute approximate surface area is 160 Å². The van der Waals surface area contributed by atoms with Gasteiger partial charge in [0.15, 0.2) is 0 Å². The van der Waals surface area contributed by atoms with Crippen molar-refractivity contribution in [1.29, 1.82) is 0 Å². The van der Waals surface area contributed by atoms with Gasteiger partial charge in [0.2, 0.25) is 5.91 Å². The summed E-state index contributed by atoms with van der Waals surface area (Å²) in [6.07, 6.45) is 1.37. The fraction of sp³-hybridized carbons (Fsp3) is 0.150. The molecule has 0 fully saturated rings. The van der Waals surface area contributed by atoms with Crippen LogP contribution < -0.4 is 15.6 Å². The van der Waals surface area contributed by atoms with Crippen molar-refractivity contribution < 1.29 is 9.53 Å². The number of aromatic nitrogens is 2. The highest BCUT2D eigenvalue weighted by Crippen LogP contribution is 2.22. The lowest BCUT2D eigenvalue weighted by molar-refractivity contribution is -0.121. The topological polar surface area (TPSA) is 73.2 Å². The first kappa shape index (κ1) is 18.5. The van der Waals surface area contributed by atoms with Crippen molar-refractivity contribution in [2.75, 3.05) is 13.2 Å². The van der Waals surface area contributed by atoms with Gasteiger partial charge in [0.25, 0.3) is 5.56 Å². The molecule has 136 valence electrons. The molecule has 0 aliphatic heterocycles. The molecule has 0 spiro atoms. The number of amides is 1. The van der Waals surface area contributed by atoms with Crippen LogP contribution in [0.25, 0.3) is 10.9 Å². The maximum absolute atomic E-state index is 12.3. The summed E-state index contributed by atoms with van der Waals surface area (Å²) >= 11 is 5.97. The third-order valence-corrected chi connectivity index (χ3v) is 3.99. The van der Waals surface area contributed by atoms with Crippen molar-refractivity contribution in [3.8, 4) is 17.6 Å². The Balaban J connectivity index is 1.49. The number of benzene rings is 2. The summed E-state index contributed by atoms with van der Waals surface area (Å²) in [5.41, 5.74) is 0.346. The van der Waals surface area contributed by atoms with E-state index in [9.17, 15) is 9.59 Å². The van der Waals surface area contributed by atoms with Crippen molar-refractivity contribution in [3.05, 3.63) is 70.2 Å². The van der Waals surface area contributed by atoms with Gasteiger partial charge in [-0.15, -0.1) is 0 Å². The van der Waals surface area contributed by atoms with Gasteiger partial charge in [0.05, 0.1) is 28.8 Å². The standard InChI is InChI=1S/C20H16ClN3O3/c21-16-8-2-4-10-18(16)27-12-6-5-11-22-19(25)13-24-14-23-17-9-3-1-7-15(17)20(24)26/h1-4,7-10,14H,11-13H2,(H,22,25). The van der Waals surface area contributed by atoms with Crippen LogP contribution in [0, 0.1) is 11.8 Å². The van der Waals surface area contributed by atoms with Crippen molar-refractivity contribution in [3.63, 3.8) is 0 Å². The molecule has 0 aliphatic carbocycles. The molecule has 1 N–H and O–H groups in total. The maximum atomic E-state index is 12.3. The van der Waals surface area contributed by atoms with E-state index in [0.717, 1.165) is 0 Å². The fourth-order valence-corrected chi connectivity index (χ4v) is 2.55. The number of hydrogen-bond acceptors (Lipinski definition) is 4. The van der Waals surface area contributed by atoms with Crippen LogP contribution >= 0.6 is 11.6 Å². The molecule has 0 radical (unpaired) electrons. The van der Waals surface area contributed by atoms with Gasteiger partial charge in [0.1, 0.15) is 18.9 Å². The number of carbonyl (C=O) groups is 1. The Hall–Kier alpha value is -3.30. The van der Waals surface area contributed by atoms with E-state index in [1.54, 1.807) is 36.4 Å². The third kappa shape index (κ3) is 4.87. The Bertz CT molecular complexity index is 1080. The van der Waals surface area contributed by atoms with Crippen LogP contribution in [0.15, 0.2) is 59.7 Å². The number of rotatable bonds is 5. The Morgan fingerprint density at radius 2 is 1.93 bits per heavy atom. The third-order valence-electron chi connectivity index (χ3n) is 3.68. The summed E-state index contributed by atoms with van der Waals surface area (Å²) in [6.45, 7) is 0.197. The van der Waals surface area contributed by atoms with Crippen LogP contribution in [0.3, 0.4) is 0 Å². The molecule has 3 aromatic rings. The molecule has 0 saturated heterocycles. The largest absolute Gasteiger partial charge is 0.479 e. The van der Waals surface area contributed by atoms with Crippen molar-refractivity contribution in [1.82, 2.24) is 14.9 Å². The van der Waals surface area contributed by atoms with Gasteiger partial charge in [0, 0.05) is 0 Å². The van der Waals surface area contributed by atoms with E-state index in [1.807, 2.05) is 12.1 Å². The van der Waals surface area contributed by atoms with Crippen LogP contribution in [0.4, 0.5) is 0 Å². The van der Waals surface area contributed by atoms with Crippen molar-refractivity contribution >= 4 is 28.4 Å². The first-order valence-corrected chi connectivity index (χ1v) is 8.57. The van der Waals surface area contributed by atoms with Crippen LogP contribution in [0.2, 0.25) is 5.02 Å². The minimum absolute atomic E-state index is 0.117. The zero-order valence-electron chi connectivity index (χ0n) is 14.3. The minimum atomic E-state index is -0.324. The number of nitrogens with zero attached hydrogens (tertiary/aromatic N) is 2. The van der Waals surface area contributed by atoms with E-state index in [0.29, 0.717) is 21.7 Å². The summed E-state index contributed by atoms with van der Waals surface area (Å²) < 4.78 is 6.69. The molecule has 6 nitrogen and oxygen atoms in total. The summed E-state index contributed by atoms with van der Waals surface area (Å²) in [5.74, 6) is 5.80. The second kappa shape index (κ2) is 8.88. The van der Waals surface area contributed by atoms with Gasteiger partial charge in [-0.25, -0.2) is 4.98 Å². The Morgan fingerprint density at radius 1 is 1.15 bits per heavy atom. The Morgan fingerprint density at radius 3 is 2.78 bits per heavy atom. The molecule has 27 heavy (non-hydrogen) atoms. The number of hydrogen-bond donors (Lipinski definition) is 1.